The van der Waals surface area contributed by atoms with Crippen LogP contribution < -0.4 is 4.74 Å². The number of rotatable bonds is 0. The molecule has 1 heterocycles. The van der Waals surface area contributed by atoms with Crippen LogP contribution in [0, 0.1) is 12.7 Å². The highest BCUT2D eigenvalue weighted by atomic mass is 19.1. The molecule has 0 aromatic heterocycles. The van der Waals surface area contributed by atoms with Crippen LogP contribution in [0.25, 0.3) is 0 Å². The number of hydrogen-bond acceptors (Lipinski definition) is 2. The van der Waals surface area contributed by atoms with Crippen LogP contribution in [0.4, 0.5) is 4.39 Å². The van der Waals surface area contributed by atoms with Gasteiger partial charge in [0, 0.05) is 5.56 Å². The zero-order valence-electron chi connectivity index (χ0n) is 8.09. The van der Waals surface area contributed by atoms with Gasteiger partial charge in [0.1, 0.15) is 0 Å². The van der Waals surface area contributed by atoms with Crippen LogP contribution in [0.2, 0.25) is 0 Å². The maximum atomic E-state index is 13.6. The molecule has 76 valence electrons. The molecule has 1 aliphatic rings. The number of benzene rings is 1. The van der Waals surface area contributed by atoms with E-state index in [0.29, 0.717) is 24.2 Å². The van der Waals surface area contributed by atoms with Crippen LogP contribution in [-0.2, 0) is 0 Å². The Kier molecular flexibility index (Phi) is 2.42. The van der Waals surface area contributed by atoms with Gasteiger partial charge in [-0.15, -0.1) is 0 Å². The first-order valence-corrected chi connectivity index (χ1v) is 4.80. The van der Waals surface area contributed by atoms with Crippen molar-refractivity contribution in [2.45, 2.75) is 25.9 Å². The lowest BCUT2D eigenvalue weighted by molar-refractivity contribution is 0.167. The van der Waals surface area contributed by atoms with E-state index >= 15 is 0 Å². The Hall–Kier alpha value is -1.09. The summed E-state index contributed by atoms with van der Waals surface area (Å²) in [7, 11) is 0. The minimum atomic E-state index is -0.595. The van der Waals surface area contributed by atoms with Crippen LogP contribution in [0.3, 0.4) is 0 Å². The van der Waals surface area contributed by atoms with E-state index in [-0.39, 0.29) is 11.6 Å². The van der Waals surface area contributed by atoms with Crippen molar-refractivity contribution in [3.8, 4) is 5.75 Å². The molecular weight excluding hydrogens is 183 g/mol. The second kappa shape index (κ2) is 3.58. The molecule has 0 unspecified atom stereocenters. The van der Waals surface area contributed by atoms with Gasteiger partial charge >= 0.3 is 0 Å². The summed E-state index contributed by atoms with van der Waals surface area (Å²) in [5.41, 5.74) is 1.13. The largest absolute Gasteiger partial charge is 0.490 e. The first-order chi connectivity index (χ1) is 6.70. The second-order valence-electron chi connectivity index (χ2n) is 3.62. The van der Waals surface area contributed by atoms with E-state index in [9.17, 15) is 9.50 Å². The predicted molar refractivity (Wildman–Crippen MR) is 50.8 cm³/mol. The number of aliphatic hydroxyl groups excluding tert-OH is 1. The molecule has 1 N–H and O–H groups in total. The average Bonchev–Trinajstić information content (AvgIpc) is 2.35. The van der Waals surface area contributed by atoms with Gasteiger partial charge in [-0.1, -0.05) is 12.1 Å². The van der Waals surface area contributed by atoms with Crippen LogP contribution in [0.15, 0.2) is 12.1 Å². The number of ether oxygens (including phenoxy) is 1. The molecule has 0 amide bonds. The highest BCUT2D eigenvalue weighted by Crippen LogP contribution is 2.34. The third-order valence-corrected chi connectivity index (χ3v) is 2.55. The Balaban J connectivity index is 2.53. The third-order valence-electron chi connectivity index (χ3n) is 2.55. The normalized spacial score (nSPS) is 20.9. The minimum Gasteiger partial charge on any atom is -0.490 e. The smallest absolute Gasteiger partial charge is 0.168 e. The minimum absolute atomic E-state index is 0.231. The van der Waals surface area contributed by atoms with Crippen molar-refractivity contribution in [2.75, 3.05) is 6.61 Å². The highest BCUT2D eigenvalue weighted by Gasteiger charge is 2.21. The zero-order valence-corrected chi connectivity index (χ0v) is 8.09. The van der Waals surface area contributed by atoms with Crippen LogP contribution in [0.1, 0.15) is 30.1 Å². The topological polar surface area (TPSA) is 29.5 Å². The van der Waals surface area contributed by atoms with Gasteiger partial charge in [-0.25, -0.2) is 4.39 Å². The first-order valence-electron chi connectivity index (χ1n) is 4.80. The van der Waals surface area contributed by atoms with E-state index in [1.807, 2.05) is 0 Å². The third kappa shape index (κ3) is 1.48. The average molecular weight is 196 g/mol. The number of hydrogen-bond donors (Lipinski definition) is 1. The molecule has 0 bridgehead atoms. The van der Waals surface area contributed by atoms with E-state index in [1.165, 1.54) is 0 Å². The van der Waals surface area contributed by atoms with Crippen molar-refractivity contribution in [1.29, 1.82) is 0 Å². The van der Waals surface area contributed by atoms with E-state index < -0.39 is 6.10 Å². The van der Waals surface area contributed by atoms with Crippen LogP contribution in [-0.4, -0.2) is 11.7 Å². The van der Waals surface area contributed by atoms with Crippen molar-refractivity contribution in [1.82, 2.24) is 0 Å². The van der Waals surface area contributed by atoms with Gasteiger partial charge in [-0.2, -0.15) is 0 Å². The monoisotopic (exact) mass is 196 g/mol. The van der Waals surface area contributed by atoms with E-state index in [4.69, 9.17) is 4.74 Å². The Morgan fingerprint density at radius 1 is 1.50 bits per heavy atom. The number of halogens is 1. The summed E-state index contributed by atoms with van der Waals surface area (Å²) < 4.78 is 18.9. The predicted octanol–water partition coefficient (Wildman–Crippen LogP) is 2.34. The summed E-state index contributed by atoms with van der Waals surface area (Å²) in [5.74, 6) is -0.113. The summed E-state index contributed by atoms with van der Waals surface area (Å²) in [6.07, 6.45) is 0.798. The molecule has 0 saturated heterocycles. The molecule has 2 rings (SSSR count). The van der Waals surface area contributed by atoms with Crippen molar-refractivity contribution < 1.29 is 14.2 Å². The lowest BCUT2D eigenvalue weighted by Gasteiger charge is -2.12. The molecule has 2 nitrogen and oxygen atoms in total. The van der Waals surface area contributed by atoms with Gasteiger partial charge in [0.05, 0.1) is 12.7 Å². The fourth-order valence-corrected chi connectivity index (χ4v) is 1.68. The van der Waals surface area contributed by atoms with E-state index in [0.717, 1.165) is 6.42 Å². The first kappa shape index (κ1) is 9.46. The van der Waals surface area contributed by atoms with Crippen molar-refractivity contribution >= 4 is 0 Å². The summed E-state index contributed by atoms with van der Waals surface area (Å²) in [6.45, 7) is 2.17. The number of aliphatic hydroxyl groups is 1. The van der Waals surface area contributed by atoms with Gasteiger partial charge in [0.15, 0.2) is 11.6 Å². The fourth-order valence-electron chi connectivity index (χ4n) is 1.68. The van der Waals surface area contributed by atoms with Crippen LogP contribution in [0.5, 0.6) is 5.75 Å². The zero-order chi connectivity index (χ0) is 10.1. The van der Waals surface area contributed by atoms with Gasteiger partial charge in [0.2, 0.25) is 0 Å². The summed E-state index contributed by atoms with van der Waals surface area (Å²) >= 11 is 0. The molecule has 3 heteroatoms. The quantitative estimate of drug-likeness (QED) is 0.690. The van der Waals surface area contributed by atoms with Gasteiger partial charge < -0.3 is 9.84 Å². The fraction of sp³-hybridized carbons (Fsp3) is 0.455. The van der Waals surface area contributed by atoms with E-state index in [1.54, 1.807) is 19.1 Å². The summed E-state index contributed by atoms with van der Waals surface area (Å²) in [4.78, 5) is 0. The molecule has 0 fully saturated rings. The Bertz CT molecular complexity index is 349. The molecule has 0 aliphatic carbocycles. The molecule has 0 radical (unpaired) electrons. The molecule has 14 heavy (non-hydrogen) atoms. The molecule has 0 spiro atoms. The molecule has 0 saturated carbocycles. The van der Waals surface area contributed by atoms with Crippen molar-refractivity contribution in [2.24, 2.45) is 0 Å². The molecular formula is C11H13FO2. The molecule has 1 aromatic carbocycles. The lowest BCUT2D eigenvalue weighted by atomic mass is 10.0. The molecule has 1 aliphatic heterocycles. The van der Waals surface area contributed by atoms with Crippen LogP contribution >= 0.6 is 0 Å². The Morgan fingerprint density at radius 2 is 2.29 bits per heavy atom. The van der Waals surface area contributed by atoms with E-state index in [2.05, 4.69) is 0 Å². The maximum Gasteiger partial charge on any atom is 0.168 e. The maximum absolute atomic E-state index is 13.6. The number of aryl methyl sites for hydroxylation is 1. The molecule has 1 aromatic rings. The SMILES string of the molecule is Cc1ccc2c(c1F)OCCC[C@H]2O. The highest BCUT2D eigenvalue weighted by molar-refractivity contribution is 5.40. The van der Waals surface area contributed by atoms with Crippen molar-refractivity contribution in [3.63, 3.8) is 0 Å². The summed E-state index contributed by atoms with van der Waals surface area (Å²) in [6, 6.07) is 3.41. The standard InChI is InChI=1S/C11H13FO2/c1-7-4-5-8-9(13)3-2-6-14-11(8)10(7)12/h4-5,9,13H,2-3,6H2,1H3/t9-/m1/s1. The Morgan fingerprint density at radius 3 is 3.07 bits per heavy atom. The van der Waals surface area contributed by atoms with Gasteiger partial charge in [-0.3, -0.25) is 0 Å². The van der Waals surface area contributed by atoms with Crippen molar-refractivity contribution in [3.05, 3.63) is 29.1 Å². The van der Waals surface area contributed by atoms with Gasteiger partial charge in [0.25, 0.3) is 0 Å². The lowest BCUT2D eigenvalue weighted by Crippen LogP contribution is -2.00. The number of fused-ring (bicyclic) bond motifs is 1. The molecule has 1 atom stereocenters. The second-order valence-corrected chi connectivity index (χ2v) is 3.62. The van der Waals surface area contributed by atoms with Gasteiger partial charge in [-0.05, 0) is 25.3 Å². The summed E-state index contributed by atoms with van der Waals surface area (Å²) in [5, 5.41) is 9.71. The Labute approximate surface area is 82.3 Å².